The van der Waals surface area contributed by atoms with E-state index in [1.807, 2.05) is 78.9 Å². The zero-order valence-corrected chi connectivity index (χ0v) is 17.0. The normalized spacial score (nSPS) is 11.2. The fourth-order valence-electron chi connectivity index (χ4n) is 2.81. The molecular weight excluding hydrogens is 382 g/mol. The Kier molecular flexibility index (Phi) is 7.11. The number of hydrogen-bond donors (Lipinski definition) is 3. The molecule has 0 aromatic heterocycles. The van der Waals surface area contributed by atoms with E-state index in [2.05, 4.69) is 17.9 Å². The highest BCUT2D eigenvalue weighted by molar-refractivity contribution is 7.80. The minimum Gasteiger partial charge on any atom is -0.491 e. The van der Waals surface area contributed by atoms with E-state index >= 15 is 0 Å². The van der Waals surface area contributed by atoms with E-state index in [9.17, 15) is 4.79 Å². The first-order valence-corrected chi connectivity index (χ1v) is 9.73. The van der Waals surface area contributed by atoms with Crippen molar-refractivity contribution in [1.82, 2.24) is 0 Å². The van der Waals surface area contributed by atoms with Gasteiger partial charge in [-0.3, -0.25) is 4.79 Å². The summed E-state index contributed by atoms with van der Waals surface area (Å²) in [6.45, 7) is 2.06. The maximum atomic E-state index is 12.5. The highest BCUT2D eigenvalue weighted by Crippen LogP contribution is 2.24. The maximum Gasteiger partial charge on any atom is 0.251 e. The number of anilines is 1. The van der Waals surface area contributed by atoms with Crippen LogP contribution in [0.15, 0.2) is 83.3 Å². The first-order chi connectivity index (χ1) is 14.0. The Morgan fingerprint density at radius 2 is 1.76 bits per heavy atom. The van der Waals surface area contributed by atoms with Crippen LogP contribution < -0.4 is 10.1 Å². The molecule has 0 radical (unpaired) electrons. The molecule has 3 rings (SSSR count). The van der Waals surface area contributed by atoms with Crippen molar-refractivity contribution in [2.75, 3.05) is 18.5 Å². The summed E-state index contributed by atoms with van der Waals surface area (Å²) in [5.41, 5.74) is 4.39. The minimum absolute atomic E-state index is 0.0104. The molecule has 0 saturated heterocycles. The summed E-state index contributed by atoms with van der Waals surface area (Å²) >= 11 is 4.25. The van der Waals surface area contributed by atoms with Gasteiger partial charge in [-0.05, 0) is 72.2 Å². The monoisotopic (exact) mass is 405 g/mol. The summed E-state index contributed by atoms with van der Waals surface area (Å²) in [5, 5.41) is 11.7. The van der Waals surface area contributed by atoms with Crippen LogP contribution in [0.2, 0.25) is 0 Å². The lowest BCUT2D eigenvalue weighted by Crippen LogP contribution is -2.12. The van der Waals surface area contributed by atoms with Gasteiger partial charge in [-0.2, -0.15) is 0 Å². The van der Waals surface area contributed by atoms with E-state index < -0.39 is 0 Å². The highest BCUT2D eigenvalue weighted by atomic mass is 32.1. The van der Waals surface area contributed by atoms with Crippen molar-refractivity contribution in [3.8, 4) is 16.9 Å². The zero-order chi connectivity index (χ0) is 20.6. The van der Waals surface area contributed by atoms with Crippen molar-refractivity contribution in [3.63, 3.8) is 0 Å². The van der Waals surface area contributed by atoms with Gasteiger partial charge >= 0.3 is 0 Å². The number of aliphatic hydroxyl groups excluding tert-OH is 1. The van der Waals surface area contributed by atoms with E-state index in [1.54, 1.807) is 6.92 Å². The van der Waals surface area contributed by atoms with Gasteiger partial charge in [0.15, 0.2) is 0 Å². The fourth-order valence-corrected chi connectivity index (χ4v) is 2.95. The average molecular weight is 406 g/mol. The summed E-state index contributed by atoms with van der Waals surface area (Å²) in [5.74, 6) is 0.574. The number of rotatable bonds is 7. The lowest BCUT2D eigenvalue weighted by atomic mass is 10.0. The predicted octanol–water partition coefficient (Wildman–Crippen LogP) is 5.06. The van der Waals surface area contributed by atoms with Crippen LogP contribution >= 0.6 is 12.6 Å². The van der Waals surface area contributed by atoms with Crippen LogP contribution in [-0.4, -0.2) is 24.2 Å². The van der Waals surface area contributed by atoms with Gasteiger partial charge < -0.3 is 15.2 Å². The van der Waals surface area contributed by atoms with Crippen molar-refractivity contribution in [2.24, 2.45) is 0 Å². The SMILES string of the molecule is C/C(=C\c1cccc(-c2ccc(OCCO)cc2)c1)C(=O)Nc1ccc(S)cc1. The third-order valence-corrected chi connectivity index (χ3v) is 4.60. The largest absolute Gasteiger partial charge is 0.491 e. The molecule has 2 N–H and O–H groups in total. The van der Waals surface area contributed by atoms with E-state index in [1.165, 1.54) is 0 Å². The molecule has 1 amide bonds. The molecule has 0 saturated carbocycles. The Bertz CT molecular complexity index is 995. The topological polar surface area (TPSA) is 58.6 Å². The molecule has 3 aromatic rings. The van der Waals surface area contributed by atoms with E-state index in [0.717, 1.165) is 33.0 Å². The molecule has 4 nitrogen and oxygen atoms in total. The average Bonchev–Trinajstić information content (AvgIpc) is 2.74. The molecule has 0 aliphatic rings. The number of carbonyl (C=O) groups is 1. The van der Waals surface area contributed by atoms with Gasteiger partial charge in [-0.15, -0.1) is 12.6 Å². The number of amides is 1. The van der Waals surface area contributed by atoms with Crippen LogP contribution in [0.3, 0.4) is 0 Å². The van der Waals surface area contributed by atoms with Crippen LogP contribution in [0.4, 0.5) is 5.69 Å². The quantitative estimate of drug-likeness (QED) is 0.381. The summed E-state index contributed by atoms with van der Waals surface area (Å²) in [6.07, 6.45) is 1.87. The first-order valence-electron chi connectivity index (χ1n) is 9.28. The Morgan fingerprint density at radius 3 is 2.45 bits per heavy atom. The van der Waals surface area contributed by atoms with Gasteiger partial charge in [0.2, 0.25) is 0 Å². The third kappa shape index (κ3) is 5.98. The number of nitrogens with one attached hydrogen (secondary N) is 1. The van der Waals surface area contributed by atoms with Crippen LogP contribution in [0, 0.1) is 0 Å². The summed E-state index contributed by atoms with van der Waals surface area (Å²) in [4.78, 5) is 13.3. The molecule has 3 aromatic carbocycles. The van der Waals surface area contributed by atoms with Gasteiger partial charge in [0.1, 0.15) is 12.4 Å². The second-order valence-corrected chi connectivity index (χ2v) is 7.07. The van der Waals surface area contributed by atoms with Gasteiger partial charge in [0.05, 0.1) is 6.61 Å². The highest BCUT2D eigenvalue weighted by Gasteiger charge is 2.06. The van der Waals surface area contributed by atoms with Gasteiger partial charge in [-0.1, -0.05) is 30.3 Å². The second kappa shape index (κ2) is 9.96. The van der Waals surface area contributed by atoms with Crippen molar-refractivity contribution in [3.05, 3.63) is 83.9 Å². The molecule has 29 heavy (non-hydrogen) atoms. The fraction of sp³-hybridized carbons (Fsp3) is 0.125. The van der Waals surface area contributed by atoms with E-state index in [4.69, 9.17) is 9.84 Å². The van der Waals surface area contributed by atoms with E-state index in [-0.39, 0.29) is 19.1 Å². The Hall–Kier alpha value is -3.02. The number of carbonyl (C=O) groups excluding carboxylic acids is 1. The molecule has 0 fully saturated rings. The van der Waals surface area contributed by atoms with Gasteiger partial charge in [0.25, 0.3) is 5.91 Å². The molecule has 0 aliphatic carbocycles. The summed E-state index contributed by atoms with van der Waals surface area (Å²) in [6, 6.07) is 23.0. The molecule has 0 heterocycles. The lowest BCUT2D eigenvalue weighted by molar-refractivity contribution is -0.112. The van der Waals surface area contributed by atoms with E-state index in [0.29, 0.717) is 5.57 Å². The molecule has 0 bridgehead atoms. The summed E-state index contributed by atoms with van der Waals surface area (Å²) < 4.78 is 5.40. The van der Waals surface area contributed by atoms with Gasteiger partial charge in [0, 0.05) is 16.2 Å². The lowest BCUT2D eigenvalue weighted by Gasteiger charge is -2.08. The van der Waals surface area contributed by atoms with Crippen LogP contribution in [0.5, 0.6) is 5.75 Å². The second-order valence-electron chi connectivity index (χ2n) is 6.55. The first kappa shape index (κ1) is 20.7. The van der Waals surface area contributed by atoms with Crippen molar-refractivity contribution < 1.29 is 14.6 Å². The molecule has 0 spiro atoms. The number of hydrogen-bond acceptors (Lipinski definition) is 4. The third-order valence-electron chi connectivity index (χ3n) is 4.30. The van der Waals surface area contributed by atoms with Crippen LogP contribution in [0.25, 0.3) is 17.2 Å². The molecule has 0 atom stereocenters. The minimum atomic E-state index is -0.146. The Balaban J connectivity index is 1.72. The van der Waals surface area contributed by atoms with Gasteiger partial charge in [-0.25, -0.2) is 0 Å². The molecule has 5 heteroatoms. The smallest absolute Gasteiger partial charge is 0.251 e. The van der Waals surface area contributed by atoms with Crippen molar-refractivity contribution in [2.45, 2.75) is 11.8 Å². The number of benzene rings is 3. The zero-order valence-electron chi connectivity index (χ0n) is 16.1. The number of ether oxygens (including phenoxy) is 1. The Labute approximate surface area is 176 Å². The summed E-state index contributed by atoms with van der Waals surface area (Å²) in [7, 11) is 0. The van der Waals surface area contributed by atoms with Crippen LogP contribution in [0.1, 0.15) is 12.5 Å². The molecule has 0 aliphatic heterocycles. The number of thiol groups is 1. The Morgan fingerprint density at radius 1 is 1.03 bits per heavy atom. The van der Waals surface area contributed by atoms with Crippen molar-refractivity contribution in [1.29, 1.82) is 0 Å². The number of aliphatic hydroxyl groups is 1. The van der Waals surface area contributed by atoms with Crippen LogP contribution in [-0.2, 0) is 4.79 Å². The maximum absolute atomic E-state index is 12.5. The van der Waals surface area contributed by atoms with Crippen molar-refractivity contribution >= 4 is 30.3 Å². The standard InChI is InChI=1S/C24H23NO3S/c1-17(24(27)25-21-7-11-23(29)12-8-21)15-18-3-2-4-20(16-18)19-5-9-22(10-6-19)28-14-13-26/h2-12,15-16,26,29H,13-14H2,1H3,(H,25,27)/b17-15+. The predicted molar refractivity (Wildman–Crippen MR) is 120 cm³/mol. The molecular formula is C24H23NO3S. The molecule has 148 valence electrons. The molecule has 0 unspecified atom stereocenters.